The van der Waals surface area contributed by atoms with Crippen molar-refractivity contribution < 1.29 is 19.6 Å². The Morgan fingerprint density at radius 2 is 1.90 bits per heavy atom. The Bertz CT molecular complexity index is 639. The molecule has 2 aromatic carbocycles. The van der Waals surface area contributed by atoms with Crippen molar-refractivity contribution in [2.75, 3.05) is 0 Å². The quantitative estimate of drug-likeness (QED) is 0.399. The fraction of sp³-hybridized carbons (Fsp3) is 0.0714. The van der Waals surface area contributed by atoms with Crippen LogP contribution in [0.1, 0.15) is 15.9 Å². The van der Waals surface area contributed by atoms with E-state index in [1.807, 2.05) is 0 Å². The third-order valence-corrected chi connectivity index (χ3v) is 2.62. The minimum absolute atomic E-state index is 0.185. The fourth-order valence-corrected chi connectivity index (χ4v) is 1.62. The molecule has 20 heavy (non-hydrogen) atoms. The second-order valence-corrected chi connectivity index (χ2v) is 3.97. The number of nitrogens with zero attached hydrogens (tertiary/aromatic N) is 1. The molecule has 2 aromatic rings. The molecule has 1 N–H and O–H groups in total. The van der Waals surface area contributed by atoms with Crippen molar-refractivity contribution in [1.29, 1.82) is 0 Å². The van der Waals surface area contributed by atoms with Gasteiger partial charge >= 0.3 is 11.7 Å². The Kier molecular flexibility index (Phi) is 4.07. The number of esters is 1. The molecule has 0 aliphatic heterocycles. The first kappa shape index (κ1) is 13.7. The van der Waals surface area contributed by atoms with Gasteiger partial charge in [0.05, 0.1) is 17.1 Å². The number of aliphatic hydroxyl groups excluding tert-OH is 1. The Hall–Kier alpha value is -2.73. The maximum absolute atomic E-state index is 11.9. The van der Waals surface area contributed by atoms with Crippen molar-refractivity contribution in [3.63, 3.8) is 0 Å². The van der Waals surface area contributed by atoms with Gasteiger partial charge < -0.3 is 9.84 Å². The number of carbonyl (C=O) groups is 1. The van der Waals surface area contributed by atoms with E-state index in [1.165, 1.54) is 18.2 Å². The predicted octanol–water partition coefficient (Wildman–Crippen LogP) is 2.31. The van der Waals surface area contributed by atoms with Crippen molar-refractivity contribution in [2.45, 2.75) is 6.61 Å². The number of ether oxygens (including phenoxy) is 1. The van der Waals surface area contributed by atoms with Gasteiger partial charge in [0.25, 0.3) is 0 Å². The highest BCUT2D eigenvalue weighted by molar-refractivity contribution is 5.91. The van der Waals surface area contributed by atoms with Gasteiger partial charge in [-0.25, -0.2) is 4.79 Å². The molecular formula is C14H11NO5. The number of benzene rings is 2. The average molecular weight is 273 g/mol. The fourth-order valence-electron chi connectivity index (χ4n) is 1.62. The number of hydrogen-bond acceptors (Lipinski definition) is 5. The van der Waals surface area contributed by atoms with Crippen LogP contribution in [-0.2, 0) is 6.61 Å². The molecule has 0 saturated heterocycles. The van der Waals surface area contributed by atoms with Crippen LogP contribution in [0.3, 0.4) is 0 Å². The molecule has 0 aliphatic carbocycles. The molecule has 0 amide bonds. The number of nitro groups is 1. The second kappa shape index (κ2) is 5.94. The Labute approximate surface area is 114 Å². The van der Waals surface area contributed by atoms with Gasteiger partial charge in [-0.2, -0.15) is 0 Å². The molecule has 0 aliphatic rings. The van der Waals surface area contributed by atoms with Crippen molar-refractivity contribution in [3.05, 3.63) is 69.8 Å². The van der Waals surface area contributed by atoms with Gasteiger partial charge in [-0.15, -0.1) is 0 Å². The minimum atomic E-state index is -0.691. The normalized spacial score (nSPS) is 10.1. The van der Waals surface area contributed by atoms with Crippen LogP contribution in [0.25, 0.3) is 0 Å². The van der Waals surface area contributed by atoms with Crippen LogP contribution >= 0.6 is 0 Å². The highest BCUT2D eigenvalue weighted by Crippen LogP contribution is 2.28. The topological polar surface area (TPSA) is 89.7 Å². The van der Waals surface area contributed by atoms with Gasteiger partial charge in [-0.05, 0) is 29.8 Å². The van der Waals surface area contributed by atoms with Crippen LogP contribution in [-0.4, -0.2) is 16.0 Å². The molecule has 2 rings (SSSR count). The summed E-state index contributed by atoms with van der Waals surface area (Å²) in [4.78, 5) is 22.1. The van der Waals surface area contributed by atoms with Gasteiger partial charge in [0.15, 0.2) is 0 Å². The first-order valence-corrected chi connectivity index (χ1v) is 5.77. The highest BCUT2D eigenvalue weighted by atomic mass is 16.6. The highest BCUT2D eigenvalue weighted by Gasteiger charge is 2.19. The lowest BCUT2D eigenvalue weighted by Crippen LogP contribution is -2.09. The van der Waals surface area contributed by atoms with E-state index in [0.29, 0.717) is 5.56 Å². The standard InChI is InChI=1S/C14H11NO5/c16-9-10-6-7-12(15(18)19)13(8-10)20-14(17)11-4-2-1-3-5-11/h1-8,16H,9H2. The molecule has 6 nitrogen and oxygen atoms in total. The van der Waals surface area contributed by atoms with E-state index in [4.69, 9.17) is 9.84 Å². The third kappa shape index (κ3) is 2.99. The van der Waals surface area contributed by atoms with Crippen molar-refractivity contribution in [3.8, 4) is 5.75 Å². The molecule has 0 unspecified atom stereocenters. The monoisotopic (exact) mass is 273 g/mol. The lowest BCUT2D eigenvalue weighted by molar-refractivity contribution is -0.385. The smallest absolute Gasteiger partial charge is 0.343 e. The van der Waals surface area contributed by atoms with Gasteiger partial charge in [-0.1, -0.05) is 18.2 Å². The molecular weight excluding hydrogens is 262 g/mol. The number of aliphatic hydroxyl groups is 1. The largest absolute Gasteiger partial charge is 0.416 e. The first-order chi connectivity index (χ1) is 9.61. The van der Waals surface area contributed by atoms with Crippen molar-refractivity contribution in [1.82, 2.24) is 0 Å². The molecule has 0 saturated carbocycles. The van der Waals surface area contributed by atoms with Crippen molar-refractivity contribution >= 4 is 11.7 Å². The van der Waals surface area contributed by atoms with Crippen LogP contribution in [0.5, 0.6) is 5.75 Å². The number of hydrogen-bond donors (Lipinski definition) is 1. The first-order valence-electron chi connectivity index (χ1n) is 5.77. The Morgan fingerprint density at radius 3 is 2.50 bits per heavy atom. The lowest BCUT2D eigenvalue weighted by Gasteiger charge is -2.06. The van der Waals surface area contributed by atoms with Gasteiger partial charge in [0.2, 0.25) is 5.75 Å². The second-order valence-electron chi connectivity index (χ2n) is 3.97. The average Bonchev–Trinajstić information content (AvgIpc) is 2.47. The zero-order valence-corrected chi connectivity index (χ0v) is 10.4. The van der Waals surface area contributed by atoms with E-state index in [-0.39, 0.29) is 23.6 Å². The molecule has 0 atom stereocenters. The molecule has 6 heteroatoms. The zero-order chi connectivity index (χ0) is 14.5. The van der Waals surface area contributed by atoms with Gasteiger partial charge in [0, 0.05) is 6.07 Å². The van der Waals surface area contributed by atoms with Gasteiger partial charge in [-0.3, -0.25) is 10.1 Å². The summed E-state index contributed by atoms with van der Waals surface area (Å²) < 4.78 is 5.04. The molecule has 0 spiro atoms. The van der Waals surface area contributed by atoms with Gasteiger partial charge in [0.1, 0.15) is 0 Å². The van der Waals surface area contributed by atoms with Crippen LogP contribution in [0, 0.1) is 10.1 Å². The van der Waals surface area contributed by atoms with Crippen LogP contribution in [0.4, 0.5) is 5.69 Å². The van der Waals surface area contributed by atoms with Crippen LogP contribution in [0.2, 0.25) is 0 Å². The van der Waals surface area contributed by atoms with E-state index in [2.05, 4.69) is 0 Å². The summed E-state index contributed by atoms with van der Waals surface area (Å²) in [6.07, 6.45) is 0. The minimum Gasteiger partial charge on any atom is -0.416 e. The number of nitro benzene ring substituents is 1. The van der Waals surface area contributed by atoms with E-state index < -0.39 is 10.9 Å². The van der Waals surface area contributed by atoms with Crippen LogP contribution < -0.4 is 4.74 Å². The van der Waals surface area contributed by atoms with E-state index in [0.717, 1.165) is 0 Å². The molecule has 0 radical (unpaired) electrons. The summed E-state index contributed by atoms with van der Waals surface area (Å²) in [5.74, 6) is -0.876. The predicted molar refractivity (Wildman–Crippen MR) is 70.4 cm³/mol. The summed E-state index contributed by atoms with van der Waals surface area (Å²) in [6, 6.07) is 12.0. The number of rotatable bonds is 4. The Balaban J connectivity index is 2.32. The van der Waals surface area contributed by atoms with E-state index in [9.17, 15) is 14.9 Å². The third-order valence-electron chi connectivity index (χ3n) is 2.62. The molecule has 0 fully saturated rings. The summed E-state index contributed by atoms with van der Waals surface area (Å²) >= 11 is 0. The van der Waals surface area contributed by atoms with E-state index >= 15 is 0 Å². The number of carbonyl (C=O) groups excluding carboxylic acids is 1. The molecule has 0 heterocycles. The maximum atomic E-state index is 11.9. The summed E-state index contributed by atoms with van der Waals surface area (Å²) in [7, 11) is 0. The van der Waals surface area contributed by atoms with Crippen LogP contribution in [0.15, 0.2) is 48.5 Å². The maximum Gasteiger partial charge on any atom is 0.343 e. The summed E-state index contributed by atoms with van der Waals surface area (Å²) in [6.45, 7) is -0.298. The summed E-state index contributed by atoms with van der Waals surface area (Å²) in [5.41, 5.74) is 0.383. The zero-order valence-electron chi connectivity index (χ0n) is 10.4. The SMILES string of the molecule is O=C(Oc1cc(CO)ccc1[N+](=O)[O-])c1ccccc1. The Morgan fingerprint density at radius 1 is 1.20 bits per heavy atom. The molecule has 102 valence electrons. The summed E-state index contributed by atoms with van der Waals surface area (Å²) in [5, 5.41) is 19.9. The lowest BCUT2D eigenvalue weighted by atomic mass is 10.2. The molecule has 0 aromatic heterocycles. The van der Waals surface area contributed by atoms with Crippen molar-refractivity contribution in [2.24, 2.45) is 0 Å². The van der Waals surface area contributed by atoms with E-state index in [1.54, 1.807) is 30.3 Å². The molecule has 0 bridgehead atoms.